The van der Waals surface area contributed by atoms with Gasteiger partial charge < -0.3 is 4.57 Å². The van der Waals surface area contributed by atoms with Crippen molar-refractivity contribution in [2.45, 2.75) is 0 Å². The van der Waals surface area contributed by atoms with Gasteiger partial charge in [-0.1, -0.05) is 121 Å². The quantitative estimate of drug-likeness (QED) is 0.187. The second kappa shape index (κ2) is 10.9. The highest BCUT2D eigenvalue weighted by Gasteiger charge is 2.22. The lowest BCUT2D eigenvalue weighted by atomic mass is 10.1. The van der Waals surface area contributed by atoms with Crippen molar-refractivity contribution in [1.29, 1.82) is 0 Å². The summed E-state index contributed by atoms with van der Waals surface area (Å²) < 4.78 is 7.24. The molecule has 7 aromatic carbocycles. The molecule has 0 bridgehead atoms. The Labute approximate surface area is 296 Å². The van der Waals surface area contributed by atoms with Gasteiger partial charge in [-0.25, -0.2) is 4.98 Å². The van der Waals surface area contributed by atoms with Gasteiger partial charge in [0.05, 0.1) is 22.1 Å². The van der Waals surface area contributed by atoms with E-state index in [-0.39, 0.29) is 0 Å². The van der Waals surface area contributed by atoms with Gasteiger partial charge in [-0.15, -0.1) is 11.3 Å². The van der Waals surface area contributed by atoms with Crippen LogP contribution in [-0.2, 0) is 0 Å². The number of hydrogen-bond acceptors (Lipinski definition) is 4. The summed E-state index contributed by atoms with van der Waals surface area (Å²) in [5.41, 5.74) is 7.43. The van der Waals surface area contributed by atoms with E-state index in [1.807, 2.05) is 47.7 Å². The highest BCUT2D eigenvalue weighted by atomic mass is 32.1. The van der Waals surface area contributed by atoms with Crippen molar-refractivity contribution in [3.8, 4) is 34.4 Å². The summed E-state index contributed by atoms with van der Waals surface area (Å²) in [7, 11) is 0. The van der Waals surface area contributed by atoms with Crippen LogP contribution >= 0.6 is 11.3 Å². The first-order valence-corrected chi connectivity index (χ1v) is 17.9. The molecule has 0 amide bonds. The Hall–Kier alpha value is -6.63. The van der Waals surface area contributed by atoms with Crippen LogP contribution in [0.25, 0.3) is 98.2 Å². The first-order chi connectivity index (χ1) is 25.3. The fourth-order valence-corrected chi connectivity index (χ4v) is 8.97. The molecule has 51 heavy (non-hydrogen) atoms. The highest BCUT2D eigenvalue weighted by molar-refractivity contribution is 7.26. The SMILES string of the molecule is c1ccc(-c2nc(-c3ccccc3)nc(-n3c4ccccc4c4cc5c6c7sc8ccccc8c7ccc6n(-c6ccccc6)c5cc43)n2)cc1. The largest absolute Gasteiger partial charge is 0.309 e. The van der Waals surface area contributed by atoms with Crippen molar-refractivity contribution in [3.05, 3.63) is 164 Å². The topological polar surface area (TPSA) is 48.5 Å². The molecule has 4 heterocycles. The van der Waals surface area contributed by atoms with E-state index in [0.717, 1.165) is 44.1 Å². The minimum atomic E-state index is 0.586. The molecule has 0 unspecified atom stereocenters. The fraction of sp³-hybridized carbons (Fsp3) is 0. The van der Waals surface area contributed by atoms with Crippen molar-refractivity contribution in [3.63, 3.8) is 0 Å². The van der Waals surface area contributed by atoms with Crippen LogP contribution in [0, 0.1) is 0 Å². The van der Waals surface area contributed by atoms with Gasteiger partial charge in [0.15, 0.2) is 11.6 Å². The Morgan fingerprint density at radius 2 is 1.00 bits per heavy atom. The van der Waals surface area contributed by atoms with Crippen LogP contribution in [0.5, 0.6) is 0 Å². The average molecular weight is 670 g/mol. The van der Waals surface area contributed by atoms with Crippen molar-refractivity contribution in [2.24, 2.45) is 0 Å². The van der Waals surface area contributed by atoms with E-state index in [4.69, 9.17) is 15.0 Å². The van der Waals surface area contributed by atoms with Crippen LogP contribution in [-0.4, -0.2) is 24.1 Å². The molecule has 0 radical (unpaired) electrons. The highest BCUT2D eigenvalue weighted by Crippen LogP contribution is 2.45. The van der Waals surface area contributed by atoms with Gasteiger partial charge in [0.25, 0.3) is 0 Å². The minimum Gasteiger partial charge on any atom is -0.309 e. The Kier molecular flexibility index (Phi) is 6.05. The van der Waals surface area contributed by atoms with Crippen LogP contribution in [0.15, 0.2) is 164 Å². The van der Waals surface area contributed by atoms with E-state index in [2.05, 4.69) is 137 Å². The van der Waals surface area contributed by atoms with Gasteiger partial charge in [-0.3, -0.25) is 4.57 Å². The standard InChI is InChI=1S/C45H27N5S/c1-4-14-28(15-5-1)43-46-44(29-16-6-2-7-17-29)48-45(47-43)50-36-22-12-10-20-31(36)34-26-35-39(27-38(34)50)49(30-18-8-3-9-19-30)37-25-24-33-32-21-11-13-23-40(32)51-42(33)41(35)37/h1-27H. The monoisotopic (exact) mass is 669 g/mol. The predicted octanol–water partition coefficient (Wildman–Crippen LogP) is 11.8. The van der Waals surface area contributed by atoms with Crippen LogP contribution in [0.2, 0.25) is 0 Å². The molecule has 6 heteroatoms. The van der Waals surface area contributed by atoms with E-state index in [0.29, 0.717) is 17.6 Å². The predicted molar refractivity (Wildman–Crippen MR) is 212 cm³/mol. The molecule has 0 N–H and O–H groups in total. The normalized spacial score (nSPS) is 11.9. The van der Waals surface area contributed by atoms with Gasteiger partial charge in [0.2, 0.25) is 5.95 Å². The number of aromatic nitrogens is 5. The molecule has 0 saturated heterocycles. The van der Waals surface area contributed by atoms with E-state index >= 15 is 0 Å². The Balaban J connectivity index is 1.29. The third kappa shape index (κ3) is 4.24. The number of rotatable bonds is 4. The van der Waals surface area contributed by atoms with Crippen LogP contribution in [0.4, 0.5) is 0 Å². The third-order valence-electron chi connectivity index (χ3n) is 9.97. The molecule has 238 valence electrons. The average Bonchev–Trinajstić information content (AvgIpc) is 3.85. The number of para-hydroxylation sites is 2. The number of fused-ring (bicyclic) bond motifs is 10. The van der Waals surface area contributed by atoms with Gasteiger partial charge in [0.1, 0.15) is 0 Å². The molecule has 11 aromatic rings. The molecule has 0 fully saturated rings. The molecule has 0 saturated carbocycles. The summed E-state index contributed by atoms with van der Waals surface area (Å²) in [5.74, 6) is 1.86. The van der Waals surface area contributed by atoms with Gasteiger partial charge in [0, 0.05) is 58.5 Å². The molecular weight excluding hydrogens is 643 g/mol. The first kappa shape index (κ1) is 28.2. The molecule has 4 aromatic heterocycles. The lowest BCUT2D eigenvalue weighted by Crippen LogP contribution is -2.06. The second-order valence-corrected chi connectivity index (χ2v) is 13.9. The maximum atomic E-state index is 5.18. The molecule has 11 rings (SSSR count). The van der Waals surface area contributed by atoms with E-state index in [1.54, 1.807) is 0 Å². The number of thiophene rings is 1. The maximum absolute atomic E-state index is 5.18. The number of benzene rings is 7. The summed E-state index contributed by atoms with van der Waals surface area (Å²) in [4.78, 5) is 15.3. The third-order valence-corrected chi connectivity index (χ3v) is 11.2. The summed E-state index contributed by atoms with van der Waals surface area (Å²) in [6.45, 7) is 0. The Morgan fingerprint density at radius 3 is 1.73 bits per heavy atom. The zero-order chi connectivity index (χ0) is 33.5. The van der Waals surface area contributed by atoms with Crippen molar-refractivity contribution < 1.29 is 0 Å². The fourth-order valence-electron chi connectivity index (χ4n) is 7.71. The Morgan fingerprint density at radius 1 is 0.392 bits per heavy atom. The smallest absolute Gasteiger partial charge is 0.238 e. The van der Waals surface area contributed by atoms with Gasteiger partial charge in [-0.2, -0.15) is 9.97 Å². The lowest BCUT2D eigenvalue weighted by Gasteiger charge is -2.11. The van der Waals surface area contributed by atoms with Crippen molar-refractivity contribution >= 4 is 75.1 Å². The van der Waals surface area contributed by atoms with E-state index < -0.39 is 0 Å². The number of hydrogen-bond donors (Lipinski definition) is 0. The zero-order valence-electron chi connectivity index (χ0n) is 27.2. The summed E-state index contributed by atoms with van der Waals surface area (Å²) >= 11 is 1.88. The first-order valence-electron chi connectivity index (χ1n) is 17.0. The second-order valence-electron chi connectivity index (χ2n) is 12.9. The molecule has 0 atom stereocenters. The maximum Gasteiger partial charge on any atom is 0.238 e. The molecular formula is C45H27N5S. The molecule has 5 nitrogen and oxygen atoms in total. The van der Waals surface area contributed by atoms with Gasteiger partial charge >= 0.3 is 0 Å². The molecule has 0 aliphatic heterocycles. The van der Waals surface area contributed by atoms with Crippen LogP contribution in [0.3, 0.4) is 0 Å². The van der Waals surface area contributed by atoms with Crippen LogP contribution < -0.4 is 0 Å². The number of nitrogens with zero attached hydrogens (tertiary/aromatic N) is 5. The molecule has 0 aliphatic carbocycles. The molecule has 0 aliphatic rings. The summed E-state index contributed by atoms with van der Waals surface area (Å²) in [6, 6.07) is 57.7. The van der Waals surface area contributed by atoms with Crippen LogP contribution in [0.1, 0.15) is 0 Å². The lowest BCUT2D eigenvalue weighted by molar-refractivity contribution is 0.953. The summed E-state index contributed by atoms with van der Waals surface area (Å²) in [6.07, 6.45) is 0. The van der Waals surface area contributed by atoms with E-state index in [9.17, 15) is 0 Å². The minimum absolute atomic E-state index is 0.586. The van der Waals surface area contributed by atoms with Gasteiger partial charge in [-0.05, 0) is 42.5 Å². The Bertz CT molecular complexity index is 3060. The van der Waals surface area contributed by atoms with E-state index in [1.165, 1.54) is 36.5 Å². The van der Waals surface area contributed by atoms with Crippen molar-refractivity contribution in [2.75, 3.05) is 0 Å². The molecule has 0 spiro atoms. The zero-order valence-corrected chi connectivity index (χ0v) is 28.0. The summed E-state index contributed by atoms with van der Waals surface area (Å²) in [5, 5.41) is 7.42. The van der Waals surface area contributed by atoms with Crippen molar-refractivity contribution in [1.82, 2.24) is 24.1 Å².